The Morgan fingerprint density at radius 2 is 1.36 bits per heavy atom. The summed E-state index contributed by atoms with van der Waals surface area (Å²) in [5.74, 6) is 3.65. The van der Waals surface area contributed by atoms with E-state index in [0.717, 1.165) is 61.9 Å². The Morgan fingerprint density at radius 1 is 0.788 bits per heavy atom. The number of hydrogen-bond donors (Lipinski definition) is 0. The number of nitrogens with zero attached hydrogens (tertiary/aromatic N) is 1. The molecule has 0 amide bonds. The topological polar surface area (TPSA) is 40.2 Å². The van der Waals surface area contributed by atoms with E-state index < -0.39 is 0 Å². The molecule has 5 heteroatoms. The molecular formula is C28H43NO4. The van der Waals surface area contributed by atoms with Crippen molar-refractivity contribution in [3.05, 3.63) is 47.5 Å². The van der Waals surface area contributed by atoms with Crippen molar-refractivity contribution in [3.63, 3.8) is 0 Å². The van der Waals surface area contributed by atoms with Crippen LogP contribution < -0.4 is 18.9 Å². The zero-order valence-electron chi connectivity index (χ0n) is 21.9. The van der Waals surface area contributed by atoms with E-state index in [1.165, 1.54) is 11.1 Å². The van der Waals surface area contributed by atoms with Crippen LogP contribution in [0.2, 0.25) is 0 Å². The van der Waals surface area contributed by atoms with Crippen LogP contribution in [0.4, 0.5) is 0 Å². The first-order chi connectivity index (χ1) is 15.8. The molecule has 0 heterocycles. The van der Waals surface area contributed by atoms with Crippen molar-refractivity contribution in [2.75, 3.05) is 48.1 Å². The first kappa shape index (κ1) is 26.8. The highest BCUT2D eigenvalue weighted by Gasteiger charge is 2.31. The monoisotopic (exact) mass is 457 g/mol. The second-order valence-electron chi connectivity index (χ2n) is 9.12. The first-order valence-corrected chi connectivity index (χ1v) is 12.0. The maximum absolute atomic E-state index is 5.57. The van der Waals surface area contributed by atoms with Gasteiger partial charge in [-0.25, -0.2) is 0 Å². The number of ether oxygens (including phenoxy) is 4. The normalized spacial score (nSPS) is 13.2. The van der Waals surface area contributed by atoms with Crippen LogP contribution in [0.3, 0.4) is 0 Å². The van der Waals surface area contributed by atoms with Gasteiger partial charge in [0.2, 0.25) is 0 Å². The van der Waals surface area contributed by atoms with Crippen LogP contribution in [-0.2, 0) is 11.8 Å². The van der Waals surface area contributed by atoms with Crippen LogP contribution in [0.25, 0.3) is 0 Å². The smallest absolute Gasteiger partial charge is 0.161 e. The predicted molar refractivity (Wildman–Crippen MR) is 136 cm³/mol. The van der Waals surface area contributed by atoms with Gasteiger partial charge in [-0.1, -0.05) is 39.8 Å². The molecule has 2 rings (SSSR count). The van der Waals surface area contributed by atoms with Crippen LogP contribution in [0, 0.1) is 5.92 Å². The maximum atomic E-state index is 5.57. The van der Waals surface area contributed by atoms with Gasteiger partial charge in [-0.3, -0.25) is 0 Å². The number of rotatable bonds is 14. The summed E-state index contributed by atoms with van der Waals surface area (Å²) in [6.45, 7) is 12.4. The highest BCUT2D eigenvalue weighted by molar-refractivity contribution is 5.45. The SMILES string of the molecule is CCN(CCCC(C)(c1ccc(OC)c(OC)c1)C(C)C)CCc1ccc(OC)c(OC)c1. The van der Waals surface area contributed by atoms with Crippen LogP contribution >= 0.6 is 0 Å². The Morgan fingerprint density at radius 3 is 1.91 bits per heavy atom. The maximum Gasteiger partial charge on any atom is 0.161 e. The Kier molecular flexibility index (Phi) is 10.4. The molecule has 1 unspecified atom stereocenters. The molecule has 0 saturated heterocycles. The summed E-state index contributed by atoms with van der Waals surface area (Å²) < 4.78 is 21.8. The summed E-state index contributed by atoms with van der Waals surface area (Å²) in [6, 6.07) is 12.6. The molecule has 1 atom stereocenters. The van der Waals surface area contributed by atoms with E-state index in [1.54, 1.807) is 28.4 Å². The Bertz CT molecular complexity index is 867. The van der Waals surface area contributed by atoms with Crippen molar-refractivity contribution >= 4 is 0 Å². The molecule has 0 fully saturated rings. The van der Waals surface area contributed by atoms with Crippen molar-refractivity contribution in [1.82, 2.24) is 4.90 Å². The van der Waals surface area contributed by atoms with Crippen molar-refractivity contribution in [2.24, 2.45) is 5.92 Å². The minimum absolute atomic E-state index is 0.0717. The molecule has 0 spiro atoms. The summed E-state index contributed by atoms with van der Waals surface area (Å²) in [6.07, 6.45) is 3.25. The van der Waals surface area contributed by atoms with E-state index in [9.17, 15) is 0 Å². The molecule has 0 aliphatic rings. The van der Waals surface area contributed by atoms with Gasteiger partial charge >= 0.3 is 0 Å². The fraction of sp³-hybridized carbons (Fsp3) is 0.571. The molecule has 2 aromatic rings. The molecule has 0 saturated carbocycles. The van der Waals surface area contributed by atoms with Gasteiger partial charge in [0.05, 0.1) is 28.4 Å². The lowest BCUT2D eigenvalue weighted by molar-refractivity contribution is 0.247. The molecule has 5 nitrogen and oxygen atoms in total. The quantitative estimate of drug-likeness (QED) is 0.349. The first-order valence-electron chi connectivity index (χ1n) is 12.0. The van der Waals surface area contributed by atoms with E-state index in [2.05, 4.69) is 56.9 Å². The second-order valence-corrected chi connectivity index (χ2v) is 9.12. The summed E-state index contributed by atoms with van der Waals surface area (Å²) in [5, 5.41) is 0. The average molecular weight is 458 g/mol. The van der Waals surface area contributed by atoms with Crippen LogP contribution in [0.15, 0.2) is 36.4 Å². The van der Waals surface area contributed by atoms with E-state index in [0.29, 0.717) is 5.92 Å². The van der Waals surface area contributed by atoms with Crippen molar-refractivity contribution < 1.29 is 18.9 Å². The third-order valence-corrected chi connectivity index (χ3v) is 7.10. The number of benzene rings is 2. The van der Waals surface area contributed by atoms with Gasteiger partial charge in [-0.15, -0.1) is 0 Å². The molecule has 0 aromatic heterocycles. The van der Waals surface area contributed by atoms with Crippen molar-refractivity contribution in [3.8, 4) is 23.0 Å². The van der Waals surface area contributed by atoms with Gasteiger partial charge in [0.25, 0.3) is 0 Å². The number of methoxy groups -OCH3 is 4. The highest BCUT2D eigenvalue weighted by Crippen LogP contribution is 2.40. The lowest BCUT2D eigenvalue weighted by Crippen LogP contribution is -2.32. The number of hydrogen-bond acceptors (Lipinski definition) is 5. The Balaban J connectivity index is 2.01. The fourth-order valence-corrected chi connectivity index (χ4v) is 4.38. The second kappa shape index (κ2) is 12.7. The standard InChI is InChI=1S/C28H43NO4/c1-9-29(18-15-22-11-13-24(30-5)26(19-22)32-7)17-10-16-28(4,21(2)3)23-12-14-25(31-6)27(20-23)33-8/h11-14,19-21H,9-10,15-18H2,1-8H3. The molecular weight excluding hydrogens is 414 g/mol. The van der Waals surface area contributed by atoms with Gasteiger partial charge in [0.15, 0.2) is 23.0 Å². The molecule has 0 aliphatic carbocycles. The summed E-state index contributed by atoms with van der Waals surface area (Å²) in [7, 11) is 6.74. The highest BCUT2D eigenvalue weighted by atomic mass is 16.5. The van der Waals surface area contributed by atoms with Crippen LogP contribution in [0.1, 0.15) is 51.7 Å². The molecule has 0 N–H and O–H groups in total. The van der Waals surface area contributed by atoms with Gasteiger partial charge < -0.3 is 23.8 Å². The van der Waals surface area contributed by atoms with Crippen molar-refractivity contribution in [1.29, 1.82) is 0 Å². The minimum atomic E-state index is 0.0717. The lowest BCUT2D eigenvalue weighted by Gasteiger charge is -2.36. The minimum Gasteiger partial charge on any atom is -0.493 e. The van der Waals surface area contributed by atoms with E-state index in [4.69, 9.17) is 18.9 Å². The van der Waals surface area contributed by atoms with E-state index in [1.807, 2.05) is 12.1 Å². The molecule has 2 aromatic carbocycles. The summed E-state index contributed by atoms with van der Waals surface area (Å²) >= 11 is 0. The van der Waals surface area contributed by atoms with Crippen molar-refractivity contribution in [2.45, 2.75) is 52.4 Å². The predicted octanol–water partition coefficient (Wildman–Crippen LogP) is 5.98. The molecule has 184 valence electrons. The van der Waals surface area contributed by atoms with E-state index >= 15 is 0 Å². The largest absolute Gasteiger partial charge is 0.493 e. The van der Waals surface area contributed by atoms with Gasteiger partial charge in [-0.05, 0) is 79.1 Å². The Labute approximate surface area is 201 Å². The number of likely N-dealkylation sites (N-methyl/N-ethyl adjacent to an activating group) is 1. The zero-order valence-corrected chi connectivity index (χ0v) is 21.9. The molecule has 0 bridgehead atoms. The molecule has 33 heavy (non-hydrogen) atoms. The zero-order chi connectivity index (χ0) is 24.4. The third-order valence-electron chi connectivity index (χ3n) is 7.10. The van der Waals surface area contributed by atoms with E-state index in [-0.39, 0.29) is 5.41 Å². The van der Waals surface area contributed by atoms with Gasteiger partial charge in [0.1, 0.15) is 0 Å². The van der Waals surface area contributed by atoms with Gasteiger partial charge in [-0.2, -0.15) is 0 Å². The molecule has 0 radical (unpaired) electrons. The summed E-state index contributed by atoms with van der Waals surface area (Å²) in [4.78, 5) is 2.53. The van der Waals surface area contributed by atoms with Crippen LogP contribution in [0.5, 0.6) is 23.0 Å². The molecule has 0 aliphatic heterocycles. The van der Waals surface area contributed by atoms with Gasteiger partial charge in [0, 0.05) is 6.54 Å². The average Bonchev–Trinajstić information content (AvgIpc) is 2.84. The summed E-state index contributed by atoms with van der Waals surface area (Å²) in [5.41, 5.74) is 2.65. The van der Waals surface area contributed by atoms with Crippen LogP contribution in [-0.4, -0.2) is 53.0 Å². The third kappa shape index (κ3) is 6.80. The lowest BCUT2D eigenvalue weighted by atomic mass is 9.70. The Hall–Kier alpha value is -2.40. The fourth-order valence-electron chi connectivity index (χ4n) is 4.38.